The van der Waals surface area contributed by atoms with E-state index in [9.17, 15) is 9.59 Å². The van der Waals surface area contributed by atoms with E-state index < -0.39 is 5.97 Å². The second kappa shape index (κ2) is 11.5. The Kier molecular flexibility index (Phi) is 7.95. The minimum atomic E-state index is -0.424. The van der Waals surface area contributed by atoms with Crippen LogP contribution < -0.4 is 10.1 Å². The number of esters is 1. The molecule has 0 spiro atoms. The minimum absolute atomic E-state index is 0.169. The zero-order valence-electron chi connectivity index (χ0n) is 19.3. The zero-order valence-corrected chi connectivity index (χ0v) is 20.0. The van der Waals surface area contributed by atoms with Gasteiger partial charge in [0.1, 0.15) is 5.75 Å². The molecule has 0 saturated carbocycles. The van der Waals surface area contributed by atoms with E-state index in [1.165, 1.54) is 0 Å². The van der Waals surface area contributed by atoms with Crippen LogP contribution in [0.1, 0.15) is 22.8 Å². The van der Waals surface area contributed by atoms with E-state index in [1.54, 1.807) is 31.2 Å². The molecule has 35 heavy (non-hydrogen) atoms. The van der Waals surface area contributed by atoms with Gasteiger partial charge in [-0.05, 0) is 49.2 Å². The highest BCUT2D eigenvalue weighted by Gasteiger charge is 2.14. The third kappa shape index (κ3) is 6.37. The molecule has 1 aromatic heterocycles. The van der Waals surface area contributed by atoms with Gasteiger partial charge in [0.15, 0.2) is 6.61 Å². The molecule has 1 heterocycles. The Hall–Kier alpha value is -3.90. The van der Waals surface area contributed by atoms with Crippen molar-refractivity contribution in [1.29, 1.82) is 0 Å². The molecule has 1 N–H and O–H groups in total. The van der Waals surface area contributed by atoms with Crippen molar-refractivity contribution in [3.05, 3.63) is 95.0 Å². The smallest absolute Gasteiger partial charge is 0.338 e. The van der Waals surface area contributed by atoms with Crippen molar-refractivity contribution >= 4 is 34.4 Å². The molecule has 178 valence electrons. The predicted molar refractivity (Wildman–Crippen MR) is 137 cm³/mol. The number of carbonyl (C=O) groups excluding carboxylic acids is 2. The fraction of sp³-hybridized carbons (Fsp3) is 0.179. The van der Waals surface area contributed by atoms with E-state index >= 15 is 0 Å². The molecule has 0 atom stereocenters. The number of benzene rings is 3. The molecule has 4 aromatic rings. The standard InChI is InChI=1S/C28H25ClN2O4/c1-2-34-28(33)21-10-13-24-23(16-21)26(17-25(31-24)20-6-4-3-5-7-20)35-18-27(32)30-15-14-19-8-11-22(29)12-9-19/h3-13,16-17H,2,14-15,18H2,1H3,(H,30,32). The number of carbonyl (C=O) groups is 2. The largest absolute Gasteiger partial charge is 0.483 e. The molecule has 7 heteroatoms. The maximum absolute atomic E-state index is 12.5. The van der Waals surface area contributed by atoms with Crippen LogP contribution in [0.5, 0.6) is 5.75 Å². The fourth-order valence-corrected chi connectivity index (χ4v) is 3.73. The number of pyridine rings is 1. The number of hydrogen-bond donors (Lipinski definition) is 1. The zero-order chi connectivity index (χ0) is 24.6. The van der Waals surface area contributed by atoms with Crippen LogP contribution in [0.3, 0.4) is 0 Å². The van der Waals surface area contributed by atoms with Gasteiger partial charge in [-0.3, -0.25) is 4.79 Å². The molecular formula is C28H25ClN2O4. The first kappa shape index (κ1) is 24.2. The number of nitrogens with zero attached hydrogens (tertiary/aromatic N) is 1. The molecule has 3 aromatic carbocycles. The summed E-state index contributed by atoms with van der Waals surface area (Å²) in [6.07, 6.45) is 0.683. The van der Waals surface area contributed by atoms with Crippen molar-refractivity contribution in [2.75, 3.05) is 19.8 Å². The number of rotatable bonds is 9. The monoisotopic (exact) mass is 488 g/mol. The van der Waals surface area contributed by atoms with Crippen molar-refractivity contribution in [1.82, 2.24) is 10.3 Å². The summed E-state index contributed by atoms with van der Waals surface area (Å²) >= 11 is 5.91. The van der Waals surface area contributed by atoms with Gasteiger partial charge in [-0.15, -0.1) is 0 Å². The third-order valence-electron chi connectivity index (χ3n) is 5.36. The number of nitrogens with one attached hydrogen (secondary N) is 1. The van der Waals surface area contributed by atoms with Crippen LogP contribution in [-0.2, 0) is 16.0 Å². The van der Waals surface area contributed by atoms with Crippen molar-refractivity contribution < 1.29 is 19.1 Å². The topological polar surface area (TPSA) is 77.5 Å². The lowest BCUT2D eigenvalue weighted by Crippen LogP contribution is -2.30. The molecule has 0 aliphatic rings. The number of hydrogen-bond acceptors (Lipinski definition) is 5. The van der Waals surface area contributed by atoms with E-state index in [1.807, 2.05) is 54.6 Å². The Bertz CT molecular complexity index is 1320. The summed E-state index contributed by atoms with van der Waals surface area (Å²) in [5.74, 6) is -0.202. The van der Waals surface area contributed by atoms with Crippen molar-refractivity contribution in [3.8, 4) is 17.0 Å². The maximum Gasteiger partial charge on any atom is 0.338 e. The average Bonchev–Trinajstić information content (AvgIpc) is 2.88. The van der Waals surface area contributed by atoms with Crippen molar-refractivity contribution in [2.45, 2.75) is 13.3 Å². The first-order chi connectivity index (χ1) is 17.0. The Labute approximate surface area is 208 Å². The molecule has 0 aliphatic heterocycles. The quantitative estimate of drug-likeness (QED) is 0.316. The van der Waals surface area contributed by atoms with Crippen LogP contribution in [0.15, 0.2) is 78.9 Å². The molecule has 0 unspecified atom stereocenters. The summed E-state index contributed by atoms with van der Waals surface area (Å²) in [5.41, 5.74) is 3.75. The molecule has 0 radical (unpaired) electrons. The highest BCUT2D eigenvalue weighted by molar-refractivity contribution is 6.30. The van der Waals surface area contributed by atoms with Gasteiger partial charge in [-0.25, -0.2) is 9.78 Å². The molecule has 0 fully saturated rings. The summed E-state index contributed by atoms with van der Waals surface area (Å²) in [7, 11) is 0. The van der Waals surface area contributed by atoms with Gasteiger partial charge < -0.3 is 14.8 Å². The SMILES string of the molecule is CCOC(=O)c1ccc2nc(-c3ccccc3)cc(OCC(=O)NCCc3ccc(Cl)cc3)c2c1. The van der Waals surface area contributed by atoms with Gasteiger partial charge in [0.2, 0.25) is 0 Å². The lowest BCUT2D eigenvalue weighted by Gasteiger charge is -2.13. The first-order valence-corrected chi connectivity index (χ1v) is 11.7. The summed E-state index contributed by atoms with van der Waals surface area (Å²) < 4.78 is 11.1. The molecular weight excluding hydrogens is 464 g/mol. The number of aromatic nitrogens is 1. The summed E-state index contributed by atoms with van der Waals surface area (Å²) in [6, 6.07) is 24.1. The van der Waals surface area contributed by atoms with Gasteiger partial charge in [-0.1, -0.05) is 54.1 Å². The minimum Gasteiger partial charge on any atom is -0.483 e. The van der Waals surface area contributed by atoms with Crippen LogP contribution in [-0.4, -0.2) is 36.6 Å². The van der Waals surface area contributed by atoms with Crippen molar-refractivity contribution in [2.24, 2.45) is 0 Å². The Morgan fingerprint density at radius 3 is 2.49 bits per heavy atom. The van der Waals surface area contributed by atoms with Gasteiger partial charge >= 0.3 is 5.97 Å². The Balaban J connectivity index is 1.52. The summed E-state index contributed by atoms with van der Waals surface area (Å²) in [6.45, 7) is 2.34. The van der Waals surface area contributed by atoms with Gasteiger partial charge in [0, 0.05) is 28.6 Å². The van der Waals surface area contributed by atoms with E-state index in [2.05, 4.69) is 5.32 Å². The average molecular weight is 489 g/mol. The third-order valence-corrected chi connectivity index (χ3v) is 5.61. The van der Waals surface area contributed by atoms with E-state index in [0.717, 1.165) is 11.1 Å². The molecule has 6 nitrogen and oxygen atoms in total. The van der Waals surface area contributed by atoms with Crippen LogP contribution in [0.25, 0.3) is 22.2 Å². The normalized spacial score (nSPS) is 10.7. The predicted octanol–water partition coefficient (Wildman–Crippen LogP) is 5.47. The summed E-state index contributed by atoms with van der Waals surface area (Å²) in [5, 5.41) is 4.18. The van der Waals surface area contributed by atoms with Gasteiger partial charge in [0.05, 0.1) is 23.4 Å². The molecule has 1 amide bonds. The lowest BCUT2D eigenvalue weighted by molar-refractivity contribution is -0.123. The second-order valence-corrected chi connectivity index (χ2v) is 8.28. The first-order valence-electron chi connectivity index (χ1n) is 11.3. The molecule has 0 aliphatic carbocycles. The van der Waals surface area contributed by atoms with Crippen LogP contribution in [0.4, 0.5) is 0 Å². The number of ether oxygens (including phenoxy) is 2. The van der Waals surface area contributed by atoms with Gasteiger partial charge in [0.25, 0.3) is 5.91 Å². The van der Waals surface area contributed by atoms with Crippen LogP contribution >= 0.6 is 11.6 Å². The Morgan fingerprint density at radius 2 is 1.74 bits per heavy atom. The fourth-order valence-electron chi connectivity index (χ4n) is 3.60. The second-order valence-electron chi connectivity index (χ2n) is 7.84. The Morgan fingerprint density at radius 1 is 0.971 bits per heavy atom. The molecule has 0 saturated heterocycles. The van der Waals surface area contributed by atoms with E-state index in [0.29, 0.717) is 45.9 Å². The van der Waals surface area contributed by atoms with E-state index in [-0.39, 0.29) is 19.1 Å². The van der Waals surface area contributed by atoms with Crippen LogP contribution in [0.2, 0.25) is 5.02 Å². The molecule has 0 bridgehead atoms. The van der Waals surface area contributed by atoms with Gasteiger partial charge in [-0.2, -0.15) is 0 Å². The number of fused-ring (bicyclic) bond motifs is 1. The van der Waals surface area contributed by atoms with Crippen molar-refractivity contribution in [3.63, 3.8) is 0 Å². The number of halogens is 1. The van der Waals surface area contributed by atoms with Crippen LogP contribution in [0, 0.1) is 0 Å². The summed E-state index contributed by atoms with van der Waals surface area (Å²) in [4.78, 5) is 29.4. The highest BCUT2D eigenvalue weighted by Crippen LogP contribution is 2.31. The van der Waals surface area contributed by atoms with E-state index in [4.69, 9.17) is 26.1 Å². The lowest BCUT2D eigenvalue weighted by atomic mass is 10.1. The molecule has 4 rings (SSSR count). The number of amides is 1. The highest BCUT2D eigenvalue weighted by atomic mass is 35.5. The maximum atomic E-state index is 12.5.